The normalized spacial score (nSPS) is 13.1. The molecule has 0 N–H and O–H groups in total. The molecule has 0 atom stereocenters. The molecule has 1 aromatic rings. The van der Waals surface area contributed by atoms with E-state index in [0.29, 0.717) is 0 Å². The second-order valence-corrected chi connectivity index (χ2v) is 20.5. The number of rotatable bonds is 16. The van der Waals surface area contributed by atoms with Crippen molar-refractivity contribution in [3.63, 3.8) is 0 Å². The Hall–Kier alpha value is -0.456. The molecule has 0 aromatic carbocycles. The third-order valence-corrected chi connectivity index (χ3v) is 20.4. The molecule has 0 unspecified atom stereocenters. The van der Waals surface area contributed by atoms with E-state index in [-0.39, 0.29) is 5.60 Å². The predicted molar refractivity (Wildman–Crippen MR) is 135 cm³/mol. The van der Waals surface area contributed by atoms with Gasteiger partial charge in [0.05, 0.1) is 21.8 Å². The summed E-state index contributed by atoms with van der Waals surface area (Å²) in [7, 11) is -0.237. The largest absolute Gasteiger partial charge is 0.372 e. The van der Waals surface area contributed by atoms with Gasteiger partial charge in [-0.25, -0.2) is 0 Å². The molecule has 0 radical (unpaired) electrons. The third-order valence-electron chi connectivity index (χ3n) is 8.60. The van der Waals surface area contributed by atoms with E-state index in [1.165, 1.54) is 61.2 Å². The van der Waals surface area contributed by atoms with Crippen molar-refractivity contribution in [3.8, 4) is 0 Å². The summed E-state index contributed by atoms with van der Waals surface area (Å²) in [6, 6.07) is 17.7. The second kappa shape index (κ2) is 13.1. The molecule has 0 saturated carbocycles. The fourth-order valence-corrected chi connectivity index (χ4v) is 12.4. The highest BCUT2D eigenvalue weighted by molar-refractivity contribution is 6.80. The van der Waals surface area contributed by atoms with E-state index in [0.717, 1.165) is 18.5 Å². The lowest BCUT2D eigenvalue weighted by atomic mass is 9.88. The molecule has 168 valence electrons. The van der Waals surface area contributed by atoms with Crippen LogP contribution in [0.15, 0.2) is 24.4 Å². The van der Waals surface area contributed by atoms with Crippen molar-refractivity contribution in [2.45, 2.75) is 121 Å². The smallest absolute Gasteiger partial charge is 0.110 e. The highest BCUT2D eigenvalue weighted by Crippen LogP contribution is 2.39. The molecule has 0 saturated heterocycles. The average molecular weight is 436 g/mol. The highest BCUT2D eigenvalue weighted by atomic mass is 28.3. The Kier molecular flexibility index (Phi) is 12.0. The van der Waals surface area contributed by atoms with Gasteiger partial charge in [-0.15, -0.1) is 0 Å². The molecule has 1 heterocycles. The van der Waals surface area contributed by atoms with Crippen LogP contribution >= 0.6 is 0 Å². The molecule has 0 aliphatic heterocycles. The maximum Gasteiger partial charge on any atom is 0.110 e. The minimum absolute atomic E-state index is 0.202. The SMILES string of the molecule is CC[Si](CC)(CC)CCCC(CCC[Si](CC)(CC)CC)(OC)c1ccccn1. The standard InChI is InChI=1S/C25H49NOSi2/c1-8-28(9-2,10-3)22-16-19-25(27-7,24-18-14-15-21-26-24)20-17-23-29(11-4,12-5)13-6/h14-15,18,21H,8-13,16-17,19-20,22-23H2,1-7H3. The quantitative estimate of drug-likeness (QED) is 0.243. The summed E-state index contributed by atoms with van der Waals surface area (Å²) in [6.07, 6.45) is 6.74. The number of nitrogens with zero attached hydrogens (tertiary/aromatic N) is 1. The molecule has 0 aliphatic carbocycles. The number of aromatic nitrogens is 1. The summed E-state index contributed by atoms with van der Waals surface area (Å²) in [4.78, 5) is 4.77. The van der Waals surface area contributed by atoms with Crippen molar-refractivity contribution in [2.24, 2.45) is 0 Å². The van der Waals surface area contributed by atoms with Gasteiger partial charge >= 0.3 is 0 Å². The fraction of sp³-hybridized carbons (Fsp3) is 0.800. The molecule has 4 heteroatoms. The molecule has 0 bridgehead atoms. The van der Waals surface area contributed by atoms with Crippen molar-refractivity contribution in [1.82, 2.24) is 4.98 Å². The van der Waals surface area contributed by atoms with Crippen LogP contribution in [-0.4, -0.2) is 28.2 Å². The van der Waals surface area contributed by atoms with Crippen LogP contribution in [0.4, 0.5) is 0 Å². The van der Waals surface area contributed by atoms with Crippen molar-refractivity contribution < 1.29 is 4.74 Å². The Balaban J connectivity index is 2.95. The maximum atomic E-state index is 6.32. The zero-order valence-corrected chi connectivity index (χ0v) is 22.7. The van der Waals surface area contributed by atoms with Crippen LogP contribution in [0.5, 0.6) is 0 Å². The first-order valence-electron chi connectivity index (χ1n) is 12.4. The molecular weight excluding hydrogens is 386 g/mol. The fourth-order valence-electron chi connectivity index (χ4n) is 5.38. The van der Waals surface area contributed by atoms with Crippen LogP contribution in [0.1, 0.15) is 72.9 Å². The average Bonchev–Trinajstić information content (AvgIpc) is 2.80. The van der Waals surface area contributed by atoms with Gasteiger partial charge in [-0.05, 0) is 25.0 Å². The van der Waals surface area contributed by atoms with E-state index in [1.807, 2.05) is 19.4 Å². The van der Waals surface area contributed by atoms with Gasteiger partial charge in [0.15, 0.2) is 0 Å². The zero-order chi connectivity index (χ0) is 21.8. The number of hydrogen-bond acceptors (Lipinski definition) is 2. The minimum Gasteiger partial charge on any atom is -0.372 e. The number of methoxy groups -OCH3 is 1. The molecule has 29 heavy (non-hydrogen) atoms. The summed E-state index contributed by atoms with van der Waals surface area (Å²) in [5.74, 6) is 0. The van der Waals surface area contributed by atoms with E-state index >= 15 is 0 Å². The summed E-state index contributed by atoms with van der Waals surface area (Å²) in [5.41, 5.74) is 0.947. The van der Waals surface area contributed by atoms with Crippen molar-refractivity contribution >= 4 is 16.1 Å². The summed E-state index contributed by atoms with van der Waals surface area (Å²) < 4.78 is 6.32. The third kappa shape index (κ3) is 7.03. The van der Waals surface area contributed by atoms with Crippen LogP contribution in [-0.2, 0) is 10.3 Å². The van der Waals surface area contributed by atoms with E-state index in [4.69, 9.17) is 9.72 Å². The zero-order valence-electron chi connectivity index (χ0n) is 20.7. The molecule has 0 fully saturated rings. The van der Waals surface area contributed by atoms with Gasteiger partial charge < -0.3 is 4.74 Å². The predicted octanol–water partition coefficient (Wildman–Crippen LogP) is 8.50. The van der Waals surface area contributed by atoms with Crippen molar-refractivity contribution in [2.75, 3.05) is 7.11 Å². The van der Waals surface area contributed by atoms with Gasteiger partial charge in [-0.1, -0.05) is 109 Å². The van der Waals surface area contributed by atoms with Gasteiger partial charge in [0, 0.05) is 13.3 Å². The molecule has 0 aliphatic rings. The van der Waals surface area contributed by atoms with Crippen LogP contribution in [0.2, 0.25) is 48.4 Å². The van der Waals surface area contributed by atoms with E-state index in [1.54, 1.807) is 0 Å². The van der Waals surface area contributed by atoms with Gasteiger partial charge in [-0.3, -0.25) is 4.98 Å². The highest BCUT2D eigenvalue weighted by Gasteiger charge is 2.36. The van der Waals surface area contributed by atoms with Crippen LogP contribution in [0.25, 0.3) is 0 Å². The molecule has 1 rings (SSSR count). The summed E-state index contributed by atoms with van der Waals surface area (Å²) in [5, 5.41) is 0. The Morgan fingerprint density at radius 2 is 1.21 bits per heavy atom. The lowest BCUT2D eigenvalue weighted by Crippen LogP contribution is -2.35. The summed E-state index contributed by atoms with van der Waals surface area (Å²) in [6.45, 7) is 14.5. The Labute approximate surface area is 184 Å². The second-order valence-electron chi connectivity index (χ2n) is 9.24. The first-order chi connectivity index (χ1) is 13.9. The molecule has 0 spiro atoms. The molecule has 1 aromatic heterocycles. The first kappa shape index (κ1) is 26.6. The van der Waals surface area contributed by atoms with Gasteiger partial charge in [-0.2, -0.15) is 0 Å². The lowest BCUT2D eigenvalue weighted by Gasteiger charge is -2.36. The lowest BCUT2D eigenvalue weighted by molar-refractivity contribution is -0.0343. The number of ether oxygens (including phenoxy) is 1. The Morgan fingerprint density at radius 3 is 1.52 bits per heavy atom. The van der Waals surface area contributed by atoms with Gasteiger partial charge in [0.1, 0.15) is 5.60 Å². The van der Waals surface area contributed by atoms with Gasteiger partial charge in [0.2, 0.25) is 0 Å². The number of pyridine rings is 1. The van der Waals surface area contributed by atoms with Crippen molar-refractivity contribution in [3.05, 3.63) is 30.1 Å². The Morgan fingerprint density at radius 1 is 0.759 bits per heavy atom. The monoisotopic (exact) mass is 435 g/mol. The molecule has 0 amide bonds. The topological polar surface area (TPSA) is 22.1 Å². The minimum atomic E-state index is -1.08. The number of hydrogen-bond donors (Lipinski definition) is 0. The van der Waals surface area contributed by atoms with Crippen LogP contribution in [0.3, 0.4) is 0 Å². The van der Waals surface area contributed by atoms with Gasteiger partial charge in [0.25, 0.3) is 0 Å². The molecule has 2 nitrogen and oxygen atoms in total. The van der Waals surface area contributed by atoms with Crippen LogP contribution in [0, 0.1) is 0 Å². The van der Waals surface area contributed by atoms with E-state index in [9.17, 15) is 0 Å². The maximum absolute atomic E-state index is 6.32. The van der Waals surface area contributed by atoms with E-state index in [2.05, 4.69) is 53.7 Å². The van der Waals surface area contributed by atoms with Crippen molar-refractivity contribution in [1.29, 1.82) is 0 Å². The Bertz CT molecular complexity index is 498. The molecular formula is C25H49NOSi2. The summed E-state index contributed by atoms with van der Waals surface area (Å²) >= 11 is 0. The van der Waals surface area contributed by atoms with Crippen LogP contribution < -0.4 is 0 Å². The van der Waals surface area contributed by atoms with E-state index < -0.39 is 16.1 Å². The first-order valence-corrected chi connectivity index (χ1v) is 18.1.